The summed E-state index contributed by atoms with van der Waals surface area (Å²) >= 11 is 1.24. The Bertz CT molecular complexity index is 1130. The van der Waals surface area contributed by atoms with Crippen molar-refractivity contribution in [1.82, 2.24) is 9.29 Å². The number of hydrogen-bond donors (Lipinski definition) is 1. The van der Waals surface area contributed by atoms with E-state index in [1.54, 1.807) is 24.3 Å². The summed E-state index contributed by atoms with van der Waals surface area (Å²) in [5.74, 6) is -0.249. The molecule has 0 atom stereocenters. The summed E-state index contributed by atoms with van der Waals surface area (Å²) in [5.41, 5.74) is 2.36. The highest BCUT2D eigenvalue weighted by atomic mass is 32.2. The van der Waals surface area contributed by atoms with Gasteiger partial charge in [0, 0.05) is 19.7 Å². The van der Waals surface area contributed by atoms with E-state index in [2.05, 4.69) is 31.1 Å². The molecule has 1 heterocycles. The maximum atomic E-state index is 12.5. The number of nitrogens with zero attached hydrogens (tertiary/aromatic N) is 2. The van der Waals surface area contributed by atoms with E-state index in [1.807, 2.05) is 12.1 Å². The Morgan fingerprint density at radius 2 is 1.71 bits per heavy atom. The van der Waals surface area contributed by atoms with Gasteiger partial charge >= 0.3 is 0 Å². The topological polar surface area (TPSA) is 79.4 Å². The summed E-state index contributed by atoms with van der Waals surface area (Å²) in [7, 11) is -0.539. The highest BCUT2D eigenvalue weighted by Gasteiger charge is 2.19. The predicted octanol–water partition coefficient (Wildman–Crippen LogP) is 4.10. The molecule has 0 aliphatic rings. The molecule has 1 aromatic heterocycles. The summed E-state index contributed by atoms with van der Waals surface area (Å²) in [6.07, 6.45) is 0. The van der Waals surface area contributed by atoms with Gasteiger partial charge < -0.3 is 0 Å². The Labute approximate surface area is 169 Å². The van der Waals surface area contributed by atoms with Gasteiger partial charge in [-0.1, -0.05) is 44.2 Å². The summed E-state index contributed by atoms with van der Waals surface area (Å²) in [4.78, 5) is 17.1. The van der Waals surface area contributed by atoms with Crippen molar-refractivity contribution >= 4 is 42.6 Å². The monoisotopic (exact) mass is 417 g/mol. The van der Waals surface area contributed by atoms with E-state index in [0.29, 0.717) is 20.9 Å². The Kier molecular flexibility index (Phi) is 5.31. The summed E-state index contributed by atoms with van der Waals surface area (Å²) in [6, 6.07) is 12.2. The van der Waals surface area contributed by atoms with Gasteiger partial charge in [-0.25, -0.2) is 17.7 Å². The number of benzene rings is 2. The van der Waals surface area contributed by atoms with Crippen LogP contribution in [0, 0.1) is 0 Å². The molecular formula is C20H23N3O3S2. The molecule has 1 amide bonds. The molecule has 1 N–H and O–H groups in total. The first kappa shape index (κ1) is 20.4. The van der Waals surface area contributed by atoms with Crippen LogP contribution in [-0.4, -0.2) is 37.7 Å². The lowest BCUT2D eigenvalue weighted by molar-refractivity contribution is 0.102. The van der Waals surface area contributed by atoms with Gasteiger partial charge in [0.25, 0.3) is 5.91 Å². The second-order valence-corrected chi connectivity index (χ2v) is 10.9. The number of thiazole rings is 1. The van der Waals surface area contributed by atoms with Gasteiger partial charge in [-0.2, -0.15) is 0 Å². The highest BCUT2D eigenvalue weighted by molar-refractivity contribution is 7.89. The molecule has 0 fully saturated rings. The molecule has 0 unspecified atom stereocenters. The molecule has 0 radical (unpaired) electrons. The number of hydrogen-bond acceptors (Lipinski definition) is 5. The lowest BCUT2D eigenvalue weighted by Gasteiger charge is -2.18. The number of fused-ring (bicyclic) bond motifs is 1. The van der Waals surface area contributed by atoms with Gasteiger partial charge in [0.05, 0.1) is 15.1 Å². The average Bonchev–Trinajstić information content (AvgIpc) is 3.02. The summed E-state index contributed by atoms with van der Waals surface area (Å²) in [5, 5.41) is 3.23. The highest BCUT2D eigenvalue weighted by Crippen LogP contribution is 2.29. The van der Waals surface area contributed by atoms with Crippen LogP contribution in [0.25, 0.3) is 10.2 Å². The molecule has 0 saturated carbocycles. The van der Waals surface area contributed by atoms with Gasteiger partial charge in [-0.3, -0.25) is 10.1 Å². The van der Waals surface area contributed by atoms with Crippen LogP contribution in [0.4, 0.5) is 5.13 Å². The van der Waals surface area contributed by atoms with Gasteiger partial charge in [0.2, 0.25) is 10.0 Å². The molecule has 0 aliphatic carbocycles. The minimum absolute atomic E-state index is 0.0205. The number of carbonyl (C=O) groups is 1. The molecule has 28 heavy (non-hydrogen) atoms. The third-order valence-electron chi connectivity index (χ3n) is 4.37. The zero-order valence-corrected chi connectivity index (χ0v) is 18.1. The standard InChI is InChI=1S/C20H23N3O3S2/c1-20(2,3)14-8-6-13(7-9-14)18(24)22-19-21-16-11-10-15(12-17(16)27-19)28(25,26)23(4)5/h6-12H,1-5H3,(H,21,22,24). The number of rotatable bonds is 4. The van der Waals surface area contributed by atoms with E-state index < -0.39 is 10.0 Å². The molecule has 0 aliphatic heterocycles. The molecule has 6 nitrogen and oxygen atoms in total. The molecular weight excluding hydrogens is 394 g/mol. The van der Waals surface area contributed by atoms with Crippen molar-refractivity contribution in [1.29, 1.82) is 0 Å². The SMILES string of the molecule is CN(C)S(=O)(=O)c1ccc2nc(NC(=O)c3ccc(C(C)(C)C)cc3)sc2c1. The molecule has 2 aromatic carbocycles. The maximum absolute atomic E-state index is 12.5. The van der Waals surface area contributed by atoms with Crippen molar-refractivity contribution in [3.63, 3.8) is 0 Å². The zero-order chi connectivity index (χ0) is 20.7. The van der Waals surface area contributed by atoms with Crippen LogP contribution in [0.2, 0.25) is 0 Å². The molecule has 3 rings (SSSR count). The van der Waals surface area contributed by atoms with Gasteiger partial charge in [-0.05, 0) is 41.3 Å². The number of carbonyl (C=O) groups excluding carboxylic acids is 1. The molecule has 0 spiro atoms. The Hall–Kier alpha value is -2.29. The van der Waals surface area contributed by atoms with Crippen molar-refractivity contribution in [2.45, 2.75) is 31.1 Å². The van der Waals surface area contributed by atoms with Gasteiger partial charge in [0.1, 0.15) is 0 Å². The van der Waals surface area contributed by atoms with Crippen molar-refractivity contribution in [2.75, 3.05) is 19.4 Å². The Morgan fingerprint density at radius 1 is 1.07 bits per heavy atom. The van der Waals surface area contributed by atoms with Gasteiger partial charge in [-0.15, -0.1) is 0 Å². The van der Waals surface area contributed by atoms with Crippen molar-refractivity contribution < 1.29 is 13.2 Å². The zero-order valence-electron chi connectivity index (χ0n) is 16.5. The van der Waals surface area contributed by atoms with E-state index in [4.69, 9.17) is 0 Å². The number of anilines is 1. The fourth-order valence-electron chi connectivity index (χ4n) is 2.62. The average molecular weight is 418 g/mol. The Morgan fingerprint density at radius 3 is 2.29 bits per heavy atom. The second kappa shape index (κ2) is 7.27. The summed E-state index contributed by atoms with van der Waals surface area (Å²) < 4.78 is 26.4. The maximum Gasteiger partial charge on any atom is 0.257 e. The van der Waals surface area contributed by atoms with Crippen molar-refractivity contribution in [3.8, 4) is 0 Å². The van der Waals surface area contributed by atoms with E-state index in [0.717, 1.165) is 5.56 Å². The minimum atomic E-state index is -3.52. The van der Waals surface area contributed by atoms with E-state index in [9.17, 15) is 13.2 Å². The first-order chi connectivity index (χ1) is 13.0. The minimum Gasteiger partial charge on any atom is -0.298 e. The third kappa shape index (κ3) is 4.09. The third-order valence-corrected chi connectivity index (χ3v) is 7.12. The van der Waals surface area contributed by atoms with E-state index in [1.165, 1.54) is 35.8 Å². The molecule has 148 valence electrons. The van der Waals surface area contributed by atoms with Crippen LogP contribution in [0.5, 0.6) is 0 Å². The van der Waals surface area contributed by atoms with Crippen molar-refractivity contribution in [3.05, 3.63) is 53.6 Å². The normalized spacial score (nSPS) is 12.5. The van der Waals surface area contributed by atoms with Crippen LogP contribution in [-0.2, 0) is 15.4 Å². The van der Waals surface area contributed by atoms with Gasteiger partial charge in [0.15, 0.2) is 5.13 Å². The molecule has 0 saturated heterocycles. The van der Waals surface area contributed by atoms with Crippen LogP contribution in [0.3, 0.4) is 0 Å². The van der Waals surface area contributed by atoms with Crippen molar-refractivity contribution in [2.24, 2.45) is 0 Å². The largest absolute Gasteiger partial charge is 0.298 e. The van der Waals surface area contributed by atoms with Crippen LogP contribution in [0.15, 0.2) is 47.4 Å². The molecule has 0 bridgehead atoms. The lowest BCUT2D eigenvalue weighted by atomic mass is 9.87. The quantitative estimate of drug-likeness (QED) is 0.693. The number of amides is 1. The number of sulfonamides is 1. The first-order valence-electron chi connectivity index (χ1n) is 8.73. The van der Waals surface area contributed by atoms with E-state index >= 15 is 0 Å². The van der Waals surface area contributed by atoms with Crippen LogP contribution >= 0.6 is 11.3 Å². The number of aromatic nitrogens is 1. The van der Waals surface area contributed by atoms with E-state index in [-0.39, 0.29) is 16.2 Å². The molecule has 3 aromatic rings. The molecule has 8 heteroatoms. The smallest absolute Gasteiger partial charge is 0.257 e. The second-order valence-electron chi connectivity index (χ2n) is 7.72. The summed E-state index contributed by atoms with van der Waals surface area (Å²) in [6.45, 7) is 6.36. The Balaban J connectivity index is 1.83. The van der Waals surface area contributed by atoms with Crippen LogP contribution < -0.4 is 5.32 Å². The predicted molar refractivity (Wildman–Crippen MR) is 114 cm³/mol. The number of nitrogens with one attached hydrogen (secondary N) is 1. The lowest BCUT2D eigenvalue weighted by Crippen LogP contribution is -2.22. The fourth-order valence-corrected chi connectivity index (χ4v) is 4.52. The first-order valence-corrected chi connectivity index (χ1v) is 11.0. The van der Waals surface area contributed by atoms with Crippen LogP contribution in [0.1, 0.15) is 36.7 Å². The fraction of sp³-hybridized carbons (Fsp3) is 0.300.